The molecule has 0 aromatic heterocycles. The topological polar surface area (TPSA) is 35.5 Å². The number of carbonyl (C=O) groups excluding carboxylic acids is 1. The van der Waals surface area contributed by atoms with Gasteiger partial charge in [-0.05, 0) is 33.1 Å². The van der Waals surface area contributed by atoms with Crippen LogP contribution in [0.15, 0.2) is 22.8 Å². The lowest BCUT2D eigenvalue weighted by Crippen LogP contribution is -2.40. The molecule has 0 aromatic rings. The highest BCUT2D eigenvalue weighted by atomic mass is 16.5. The Hall–Kier alpha value is -1.09. The van der Waals surface area contributed by atoms with Gasteiger partial charge in [-0.3, -0.25) is 4.79 Å². The molecule has 0 bridgehead atoms. The van der Waals surface area contributed by atoms with Gasteiger partial charge in [-0.15, -0.1) is 0 Å². The first kappa shape index (κ1) is 14.8. The van der Waals surface area contributed by atoms with E-state index < -0.39 is 0 Å². The van der Waals surface area contributed by atoms with Crippen LogP contribution in [0.2, 0.25) is 0 Å². The Kier molecular flexibility index (Phi) is 3.32. The fourth-order valence-corrected chi connectivity index (χ4v) is 5.40. The zero-order valence-corrected chi connectivity index (χ0v) is 13.9. The molecule has 0 radical (unpaired) electrons. The van der Waals surface area contributed by atoms with E-state index in [4.69, 9.17) is 9.47 Å². The Balaban J connectivity index is 2.06. The molecule has 116 valence electrons. The van der Waals surface area contributed by atoms with Gasteiger partial charge in [0.25, 0.3) is 0 Å². The van der Waals surface area contributed by atoms with E-state index >= 15 is 0 Å². The lowest BCUT2D eigenvalue weighted by Gasteiger charge is -2.38. The Morgan fingerprint density at radius 3 is 2.52 bits per heavy atom. The third kappa shape index (κ3) is 1.79. The maximum Gasteiger partial charge on any atom is 0.302 e. The average molecular weight is 290 g/mol. The number of ether oxygens (including phenoxy) is 2. The van der Waals surface area contributed by atoms with Gasteiger partial charge in [-0.2, -0.15) is 0 Å². The molecule has 0 saturated heterocycles. The second-order valence-electron chi connectivity index (χ2n) is 7.20. The van der Waals surface area contributed by atoms with Crippen molar-refractivity contribution in [2.75, 3.05) is 7.11 Å². The second kappa shape index (κ2) is 4.70. The fourth-order valence-electron chi connectivity index (χ4n) is 5.40. The summed E-state index contributed by atoms with van der Waals surface area (Å²) >= 11 is 0. The van der Waals surface area contributed by atoms with Gasteiger partial charge in [0.2, 0.25) is 0 Å². The number of rotatable bonds is 2. The molecule has 0 heterocycles. The molecule has 3 aliphatic rings. The zero-order valence-electron chi connectivity index (χ0n) is 13.9. The normalized spacial score (nSPS) is 43.8. The minimum absolute atomic E-state index is 0.0256. The molecule has 0 N–H and O–H groups in total. The Bertz CT molecular complexity index is 541. The van der Waals surface area contributed by atoms with Crippen LogP contribution in [0.25, 0.3) is 0 Å². The van der Waals surface area contributed by atoms with Gasteiger partial charge in [-0.25, -0.2) is 0 Å². The number of esters is 1. The Morgan fingerprint density at radius 2 is 2.00 bits per heavy atom. The molecule has 0 amide bonds. The number of allylic oxidation sites excluding steroid dienone is 2. The van der Waals surface area contributed by atoms with Crippen LogP contribution in [0.3, 0.4) is 0 Å². The summed E-state index contributed by atoms with van der Waals surface area (Å²) in [5.41, 5.74) is 4.37. The monoisotopic (exact) mass is 290 g/mol. The molecule has 3 nitrogen and oxygen atoms in total. The summed E-state index contributed by atoms with van der Waals surface area (Å²) in [6.45, 7) is 10.4. The number of methoxy groups -OCH3 is 1. The molecule has 3 aliphatic carbocycles. The summed E-state index contributed by atoms with van der Waals surface area (Å²) in [6, 6.07) is 0. The van der Waals surface area contributed by atoms with Gasteiger partial charge >= 0.3 is 5.97 Å². The molecule has 21 heavy (non-hydrogen) atoms. The first-order valence-electron chi connectivity index (χ1n) is 7.92. The first-order chi connectivity index (χ1) is 9.85. The Morgan fingerprint density at radius 1 is 1.33 bits per heavy atom. The maximum absolute atomic E-state index is 11.5. The quantitative estimate of drug-likeness (QED) is 0.577. The molecular weight excluding hydrogens is 264 g/mol. The zero-order chi connectivity index (χ0) is 15.5. The summed E-state index contributed by atoms with van der Waals surface area (Å²) in [6.07, 6.45) is 3.45. The molecule has 1 unspecified atom stereocenters. The highest BCUT2D eigenvalue weighted by Crippen LogP contribution is 2.77. The van der Waals surface area contributed by atoms with Crippen LogP contribution in [-0.2, 0) is 14.3 Å². The number of hydrogen-bond donors (Lipinski definition) is 0. The van der Waals surface area contributed by atoms with Crippen LogP contribution in [-0.4, -0.2) is 25.3 Å². The molecular formula is C18H26O3. The lowest BCUT2D eigenvalue weighted by molar-refractivity contribution is -0.151. The van der Waals surface area contributed by atoms with Crippen LogP contribution in [0, 0.1) is 23.2 Å². The first-order valence-corrected chi connectivity index (χ1v) is 7.92. The van der Waals surface area contributed by atoms with Gasteiger partial charge in [-0.1, -0.05) is 29.7 Å². The van der Waals surface area contributed by atoms with Crippen molar-refractivity contribution in [3.8, 4) is 0 Å². The molecule has 2 saturated carbocycles. The minimum Gasteiger partial charge on any atom is -0.462 e. The largest absolute Gasteiger partial charge is 0.462 e. The summed E-state index contributed by atoms with van der Waals surface area (Å²) in [5.74, 6) is 1.18. The van der Waals surface area contributed by atoms with Crippen molar-refractivity contribution >= 4 is 5.97 Å². The van der Waals surface area contributed by atoms with E-state index in [9.17, 15) is 4.79 Å². The van der Waals surface area contributed by atoms with Gasteiger partial charge < -0.3 is 9.47 Å². The van der Waals surface area contributed by atoms with Crippen molar-refractivity contribution in [1.29, 1.82) is 0 Å². The summed E-state index contributed by atoms with van der Waals surface area (Å²) in [5, 5.41) is 0. The molecule has 0 aliphatic heterocycles. The van der Waals surface area contributed by atoms with Crippen molar-refractivity contribution in [3.63, 3.8) is 0 Å². The van der Waals surface area contributed by atoms with Gasteiger partial charge in [0.05, 0.1) is 6.10 Å². The molecule has 2 fully saturated rings. The predicted octanol–water partition coefficient (Wildman–Crippen LogP) is 3.50. The van der Waals surface area contributed by atoms with Crippen LogP contribution < -0.4 is 0 Å². The number of hydrogen-bond acceptors (Lipinski definition) is 3. The summed E-state index contributed by atoms with van der Waals surface area (Å²) < 4.78 is 11.4. The maximum atomic E-state index is 11.5. The SMILES string of the molecule is CO[C@@H]1C=C(C)[C@@]23C(=C(C)C)[C@@H]2[C@H](OC(C)=O)C[C@H](C)C13. The van der Waals surface area contributed by atoms with E-state index in [1.165, 1.54) is 23.6 Å². The van der Waals surface area contributed by atoms with E-state index in [2.05, 4.69) is 33.8 Å². The summed E-state index contributed by atoms with van der Waals surface area (Å²) in [4.78, 5) is 11.5. The van der Waals surface area contributed by atoms with Crippen LogP contribution in [0.5, 0.6) is 0 Å². The van der Waals surface area contributed by atoms with Crippen molar-refractivity contribution < 1.29 is 14.3 Å². The highest BCUT2D eigenvalue weighted by molar-refractivity contribution is 5.67. The van der Waals surface area contributed by atoms with E-state index in [0.717, 1.165) is 6.42 Å². The van der Waals surface area contributed by atoms with E-state index in [1.54, 1.807) is 7.11 Å². The number of carbonyl (C=O) groups is 1. The van der Waals surface area contributed by atoms with Crippen LogP contribution in [0.1, 0.15) is 41.0 Å². The molecule has 1 spiro atoms. The standard InChI is InChI=1S/C18H26O3/c1-9(2)15-17-14(21-12(5)19)7-10(3)16-13(20-6)8-11(4)18(15,16)17/h8,10,13-14,16-17H,7H2,1-6H3/t10-,13+,14+,16?,17-,18-/m0/s1. The predicted molar refractivity (Wildman–Crippen MR) is 81.7 cm³/mol. The van der Waals surface area contributed by atoms with Crippen molar-refractivity contribution in [2.45, 2.75) is 53.2 Å². The van der Waals surface area contributed by atoms with Gasteiger partial charge in [0.1, 0.15) is 6.10 Å². The lowest BCUT2D eigenvalue weighted by atomic mass is 9.69. The van der Waals surface area contributed by atoms with Crippen molar-refractivity contribution in [3.05, 3.63) is 22.8 Å². The van der Waals surface area contributed by atoms with Gasteiger partial charge in [0, 0.05) is 31.3 Å². The van der Waals surface area contributed by atoms with Crippen molar-refractivity contribution in [1.82, 2.24) is 0 Å². The van der Waals surface area contributed by atoms with E-state index in [0.29, 0.717) is 17.8 Å². The third-order valence-electron chi connectivity index (χ3n) is 5.83. The van der Waals surface area contributed by atoms with Crippen LogP contribution in [0.4, 0.5) is 0 Å². The third-order valence-corrected chi connectivity index (χ3v) is 5.83. The average Bonchev–Trinajstić information content (AvgIpc) is 2.99. The summed E-state index contributed by atoms with van der Waals surface area (Å²) in [7, 11) is 1.80. The van der Waals surface area contributed by atoms with Crippen LogP contribution >= 0.6 is 0 Å². The molecule has 0 aromatic carbocycles. The molecule has 6 atom stereocenters. The van der Waals surface area contributed by atoms with E-state index in [-0.39, 0.29) is 23.6 Å². The Labute approximate surface area is 127 Å². The van der Waals surface area contributed by atoms with E-state index in [1.807, 2.05) is 0 Å². The minimum atomic E-state index is -0.163. The van der Waals surface area contributed by atoms with Gasteiger partial charge in [0.15, 0.2) is 0 Å². The smallest absolute Gasteiger partial charge is 0.302 e. The van der Waals surface area contributed by atoms with Crippen molar-refractivity contribution in [2.24, 2.45) is 23.2 Å². The highest BCUT2D eigenvalue weighted by Gasteiger charge is 2.74. The second-order valence-corrected chi connectivity index (χ2v) is 7.20. The fraction of sp³-hybridized carbons (Fsp3) is 0.722. The molecule has 3 heteroatoms. The molecule has 3 rings (SSSR count).